The minimum Gasteiger partial charge on any atom is -0.319 e. The second kappa shape index (κ2) is 8.69. The third kappa shape index (κ3) is 5.10. The van der Waals surface area contributed by atoms with Crippen molar-refractivity contribution >= 4 is 57.3 Å². The zero-order valence-corrected chi connectivity index (χ0v) is 14.9. The second-order valence-electron chi connectivity index (χ2n) is 4.26. The first kappa shape index (κ1) is 17.5. The van der Waals surface area contributed by atoms with E-state index in [1.807, 2.05) is 6.07 Å². The van der Waals surface area contributed by atoms with Crippen molar-refractivity contribution in [2.24, 2.45) is 0 Å². The first-order chi connectivity index (χ1) is 10.6. The minimum atomic E-state index is -0.0869. The zero-order valence-electron chi connectivity index (χ0n) is 11.7. The Morgan fingerprint density at radius 1 is 1.32 bits per heavy atom. The van der Waals surface area contributed by atoms with Crippen molar-refractivity contribution < 1.29 is 4.79 Å². The summed E-state index contributed by atoms with van der Waals surface area (Å²) in [4.78, 5) is 11.6. The Kier molecular flexibility index (Phi) is 6.91. The lowest BCUT2D eigenvalue weighted by atomic mass is 10.2. The number of carbonyl (C=O) groups excluding carboxylic acids is 1. The Hall–Kier alpha value is -0.860. The normalized spacial score (nSPS) is 10.7. The van der Waals surface area contributed by atoms with Gasteiger partial charge in [-0.2, -0.15) is 0 Å². The molecule has 0 fully saturated rings. The Balaban J connectivity index is 1.91. The van der Waals surface area contributed by atoms with Gasteiger partial charge in [-0.3, -0.25) is 4.79 Å². The van der Waals surface area contributed by atoms with E-state index in [2.05, 4.69) is 20.8 Å². The van der Waals surface area contributed by atoms with Crippen LogP contribution in [0.1, 0.15) is 12.0 Å². The largest absolute Gasteiger partial charge is 0.319 e. The molecular formula is C13H14Cl2N4OS2. The number of carbonyl (C=O) groups is 1. The van der Waals surface area contributed by atoms with E-state index in [1.165, 1.54) is 23.1 Å². The van der Waals surface area contributed by atoms with Crippen LogP contribution in [0.25, 0.3) is 0 Å². The van der Waals surface area contributed by atoms with Crippen molar-refractivity contribution in [3.63, 3.8) is 0 Å². The molecule has 118 valence electrons. The van der Waals surface area contributed by atoms with Crippen LogP contribution in [0, 0.1) is 0 Å². The summed E-state index contributed by atoms with van der Waals surface area (Å²) in [5.41, 5.74) is 0.866. The number of nitrogens with one attached hydrogen (secondary N) is 2. The van der Waals surface area contributed by atoms with Crippen molar-refractivity contribution in [1.29, 1.82) is 0 Å². The van der Waals surface area contributed by atoms with Crippen LogP contribution in [0.3, 0.4) is 0 Å². The second-order valence-corrected chi connectivity index (χ2v) is 7.28. The van der Waals surface area contributed by atoms with Crippen LogP contribution in [0.15, 0.2) is 22.5 Å². The maximum absolute atomic E-state index is 11.6. The van der Waals surface area contributed by atoms with E-state index in [0.717, 1.165) is 9.90 Å². The quantitative estimate of drug-likeness (QED) is 0.569. The van der Waals surface area contributed by atoms with E-state index in [1.54, 1.807) is 19.2 Å². The number of nitrogens with zero attached hydrogens (tertiary/aromatic N) is 2. The standard InChI is InChI=1S/C13H14Cl2N4OS2/c1-16-6-5-11(20)17-12-18-19-13(22-12)21-7-8-9(14)3-2-4-10(8)15/h2-4,16H,5-7H2,1H3,(H,17,18,20). The van der Waals surface area contributed by atoms with Gasteiger partial charge in [-0.15, -0.1) is 10.2 Å². The Morgan fingerprint density at radius 3 is 2.73 bits per heavy atom. The van der Waals surface area contributed by atoms with Gasteiger partial charge in [-0.05, 0) is 24.7 Å². The van der Waals surface area contributed by atoms with E-state index >= 15 is 0 Å². The van der Waals surface area contributed by atoms with Gasteiger partial charge in [0.25, 0.3) is 0 Å². The average molecular weight is 377 g/mol. The summed E-state index contributed by atoms with van der Waals surface area (Å²) >= 11 is 15.1. The van der Waals surface area contributed by atoms with Gasteiger partial charge in [0.1, 0.15) is 0 Å². The highest BCUT2D eigenvalue weighted by atomic mass is 35.5. The number of hydrogen-bond donors (Lipinski definition) is 2. The van der Waals surface area contributed by atoms with Gasteiger partial charge < -0.3 is 10.6 Å². The molecule has 22 heavy (non-hydrogen) atoms. The molecule has 5 nitrogen and oxygen atoms in total. The molecule has 1 aromatic heterocycles. The van der Waals surface area contributed by atoms with Crippen LogP contribution in [0.4, 0.5) is 5.13 Å². The number of hydrogen-bond acceptors (Lipinski definition) is 6. The molecule has 0 saturated heterocycles. The fourth-order valence-corrected chi connectivity index (χ4v) is 4.05. The molecule has 1 aromatic carbocycles. The van der Waals surface area contributed by atoms with Gasteiger partial charge in [0.05, 0.1) is 0 Å². The lowest BCUT2D eigenvalue weighted by Gasteiger charge is -2.04. The number of halogens is 2. The van der Waals surface area contributed by atoms with Gasteiger partial charge in [-0.1, -0.05) is 52.4 Å². The van der Waals surface area contributed by atoms with E-state index < -0.39 is 0 Å². The lowest BCUT2D eigenvalue weighted by Crippen LogP contribution is -2.18. The molecule has 2 aromatic rings. The number of rotatable bonds is 7. The fraction of sp³-hybridized carbons (Fsp3) is 0.308. The number of anilines is 1. The molecule has 0 aliphatic heterocycles. The molecule has 1 amide bonds. The molecule has 2 N–H and O–H groups in total. The highest BCUT2D eigenvalue weighted by molar-refractivity contribution is 8.00. The topological polar surface area (TPSA) is 66.9 Å². The number of thioether (sulfide) groups is 1. The smallest absolute Gasteiger partial charge is 0.227 e. The average Bonchev–Trinajstić information content (AvgIpc) is 2.92. The van der Waals surface area contributed by atoms with Gasteiger partial charge in [0.15, 0.2) is 4.34 Å². The molecule has 0 radical (unpaired) electrons. The Labute approximate surface area is 146 Å². The van der Waals surface area contributed by atoms with E-state index in [4.69, 9.17) is 23.2 Å². The van der Waals surface area contributed by atoms with Crippen molar-refractivity contribution in [2.45, 2.75) is 16.5 Å². The molecule has 0 saturated carbocycles. The summed E-state index contributed by atoms with van der Waals surface area (Å²) in [5, 5.41) is 15.4. The van der Waals surface area contributed by atoms with Crippen molar-refractivity contribution in [3.8, 4) is 0 Å². The molecule has 0 aliphatic carbocycles. The van der Waals surface area contributed by atoms with Crippen molar-refractivity contribution in [3.05, 3.63) is 33.8 Å². The van der Waals surface area contributed by atoms with E-state index in [0.29, 0.717) is 33.9 Å². The molecular weight excluding hydrogens is 363 g/mol. The SMILES string of the molecule is CNCCC(=O)Nc1nnc(SCc2c(Cl)cccc2Cl)s1. The Bertz CT molecular complexity index is 630. The Morgan fingerprint density at radius 2 is 2.05 bits per heavy atom. The van der Waals surface area contributed by atoms with Crippen LogP contribution in [-0.2, 0) is 10.5 Å². The summed E-state index contributed by atoms with van der Waals surface area (Å²) in [5.74, 6) is 0.511. The zero-order chi connectivity index (χ0) is 15.9. The van der Waals surface area contributed by atoms with Gasteiger partial charge in [-0.25, -0.2) is 0 Å². The van der Waals surface area contributed by atoms with E-state index in [-0.39, 0.29) is 5.91 Å². The molecule has 0 spiro atoms. The molecule has 9 heteroatoms. The van der Waals surface area contributed by atoms with Crippen LogP contribution in [-0.4, -0.2) is 29.7 Å². The summed E-state index contributed by atoms with van der Waals surface area (Å²) in [6.07, 6.45) is 0.397. The number of amides is 1. The van der Waals surface area contributed by atoms with E-state index in [9.17, 15) is 4.79 Å². The minimum absolute atomic E-state index is 0.0869. The van der Waals surface area contributed by atoms with Crippen LogP contribution in [0.2, 0.25) is 10.0 Å². The molecule has 0 bridgehead atoms. The third-order valence-corrected chi connectivity index (χ3v) is 5.36. The van der Waals surface area contributed by atoms with Crippen molar-refractivity contribution in [2.75, 3.05) is 18.9 Å². The first-order valence-electron chi connectivity index (χ1n) is 6.44. The molecule has 2 rings (SSSR count). The highest BCUT2D eigenvalue weighted by Gasteiger charge is 2.11. The predicted molar refractivity (Wildman–Crippen MR) is 93.1 cm³/mol. The maximum atomic E-state index is 11.6. The molecule has 0 unspecified atom stereocenters. The summed E-state index contributed by atoms with van der Waals surface area (Å²) in [7, 11) is 1.80. The maximum Gasteiger partial charge on any atom is 0.227 e. The van der Waals surface area contributed by atoms with Crippen molar-refractivity contribution in [1.82, 2.24) is 15.5 Å². The summed E-state index contributed by atoms with van der Waals surface area (Å²) in [6.45, 7) is 0.622. The number of benzene rings is 1. The van der Waals surface area contributed by atoms with Gasteiger partial charge in [0.2, 0.25) is 11.0 Å². The first-order valence-corrected chi connectivity index (χ1v) is 8.99. The van der Waals surface area contributed by atoms with Gasteiger partial charge in [0, 0.05) is 28.8 Å². The van der Waals surface area contributed by atoms with Crippen LogP contribution < -0.4 is 10.6 Å². The molecule has 0 aliphatic rings. The van der Waals surface area contributed by atoms with Crippen LogP contribution in [0.5, 0.6) is 0 Å². The fourth-order valence-electron chi connectivity index (χ4n) is 1.54. The molecule has 0 atom stereocenters. The lowest BCUT2D eigenvalue weighted by molar-refractivity contribution is -0.116. The summed E-state index contributed by atoms with van der Waals surface area (Å²) < 4.78 is 0.750. The molecule has 1 heterocycles. The monoisotopic (exact) mass is 376 g/mol. The number of aromatic nitrogens is 2. The predicted octanol–water partition coefficient (Wildman–Crippen LogP) is 3.69. The third-order valence-electron chi connectivity index (χ3n) is 2.66. The summed E-state index contributed by atoms with van der Waals surface area (Å²) in [6, 6.07) is 5.41. The van der Waals surface area contributed by atoms with Gasteiger partial charge >= 0.3 is 0 Å². The highest BCUT2D eigenvalue weighted by Crippen LogP contribution is 2.33. The van der Waals surface area contributed by atoms with Crippen LogP contribution >= 0.6 is 46.3 Å².